The Hall–Kier alpha value is -4.85. The zero-order valence-corrected chi connectivity index (χ0v) is 22.2. The van der Waals surface area contributed by atoms with Gasteiger partial charge in [0.15, 0.2) is 5.82 Å². The monoisotopic (exact) mass is 519 g/mol. The van der Waals surface area contributed by atoms with Crippen molar-refractivity contribution in [1.82, 2.24) is 30.1 Å². The highest BCUT2D eigenvalue weighted by Crippen LogP contribution is 2.34. The van der Waals surface area contributed by atoms with E-state index in [1.165, 1.54) is 6.07 Å². The number of aromatic amines is 2. The lowest BCUT2D eigenvalue weighted by atomic mass is 10.0. The van der Waals surface area contributed by atoms with Gasteiger partial charge in [0.1, 0.15) is 11.5 Å². The molecule has 0 aliphatic carbocycles. The van der Waals surface area contributed by atoms with Crippen LogP contribution in [0.5, 0.6) is 0 Å². The van der Waals surface area contributed by atoms with Crippen molar-refractivity contribution in [2.24, 2.45) is 5.92 Å². The number of fused-ring (bicyclic) bond motifs is 1. The second-order valence-electron chi connectivity index (χ2n) is 9.83. The Kier molecular flexibility index (Phi) is 7.19. The summed E-state index contributed by atoms with van der Waals surface area (Å²) in [5.41, 5.74) is 7.08. The first-order chi connectivity index (χ1) is 18.8. The quantitative estimate of drug-likeness (QED) is 0.176. The van der Waals surface area contributed by atoms with Gasteiger partial charge < -0.3 is 10.3 Å². The zero-order valence-electron chi connectivity index (χ0n) is 22.2. The molecule has 0 saturated carbocycles. The van der Waals surface area contributed by atoms with Crippen molar-refractivity contribution in [2.75, 3.05) is 5.32 Å². The van der Waals surface area contributed by atoms with Crippen molar-refractivity contribution in [1.29, 1.82) is 0 Å². The number of benzene rings is 1. The van der Waals surface area contributed by atoms with Crippen molar-refractivity contribution < 1.29 is 4.39 Å². The van der Waals surface area contributed by atoms with Crippen molar-refractivity contribution in [2.45, 2.75) is 27.2 Å². The van der Waals surface area contributed by atoms with Crippen LogP contribution in [0.3, 0.4) is 0 Å². The molecule has 8 heteroatoms. The number of aryl methyl sites for hydroxylation is 1. The van der Waals surface area contributed by atoms with Gasteiger partial charge in [-0.2, -0.15) is 5.10 Å². The Morgan fingerprint density at radius 3 is 2.77 bits per heavy atom. The molecule has 0 spiro atoms. The van der Waals surface area contributed by atoms with Crippen LogP contribution >= 0.6 is 0 Å². The Balaban J connectivity index is 1.54. The molecule has 0 radical (unpaired) electrons. The van der Waals surface area contributed by atoms with Crippen molar-refractivity contribution in [3.8, 4) is 22.6 Å². The SMILES string of the molecule is C=C/C=C(/c1ccccn1)c1nc(-c2n[nH]c3cc(F)c(-c4cncc(NC(=C)CC(C)C)c4)cc23)[nH]c1C. The van der Waals surface area contributed by atoms with Crippen LogP contribution in [-0.4, -0.2) is 30.1 Å². The fourth-order valence-corrected chi connectivity index (χ4v) is 4.60. The van der Waals surface area contributed by atoms with E-state index in [-0.39, 0.29) is 5.82 Å². The number of nitrogens with one attached hydrogen (secondary N) is 3. The lowest BCUT2D eigenvalue weighted by Crippen LogP contribution is -2.02. The number of imidazole rings is 1. The number of halogens is 1. The van der Waals surface area contributed by atoms with Gasteiger partial charge in [0.05, 0.1) is 28.8 Å². The van der Waals surface area contributed by atoms with E-state index in [1.807, 2.05) is 37.3 Å². The lowest BCUT2D eigenvalue weighted by Gasteiger charge is -2.12. The average Bonchev–Trinajstić information content (AvgIpc) is 3.49. The normalized spacial score (nSPS) is 11.8. The van der Waals surface area contributed by atoms with Crippen molar-refractivity contribution in [3.63, 3.8) is 0 Å². The van der Waals surface area contributed by atoms with Crippen LogP contribution in [0.2, 0.25) is 0 Å². The largest absolute Gasteiger partial charge is 0.358 e. The van der Waals surface area contributed by atoms with E-state index in [4.69, 9.17) is 4.98 Å². The van der Waals surface area contributed by atoms with Crippen molar-refractivity contribution >= 4 is 22.2 Å². The second kappa shape index (κ2) is 10.9. The number of allylic oxidation sites excluding steroid dienone is 3. The van der Waals surface area contributed by atoms with E-state index in [1.54, 1.807) is 30.7 Å². The minimum absolute atomic E-state index is 0.375. The number of hydrogen-bond donors (Lipinski definition) is 3. The maximum atomic E-state index is 15.3. The van der Waals surface area contributed by atoms with E-state index < -0.39 is 0 Å². The summed E-state index contributed by atoms with van der Waals surface area (Å²) >= 11 is 0. The number of pyridine rings is 2. The van der Waals surface area contributed by atoms with Gasteiger partial charge >= 0.3 is 0 Å². The topological polar surface area (TPSA) is 95.2 Å². The third kappa shape index (κ3) is 5.40. The summed E-state index contributed by atoms with van der Waals surface area (Å²) in [4.78, 5) is 17.0. The molecule has 4 aromatic heterocycles. The van der Waals surface area contributed by atoms with Crippen LogP contribution in [-0.2, 0) is 0 Å². The summed E-state index contributed by atoms with van der Waals surface area (Å²) in [6.45, 7) is 14.2. The van der Waals surface area contributed by atoms with Crippen molar-refractivity contribution in [3.05, 3.63) is 109 Å². The van der Waals surface area contributed by atoms with Crippen LogP contribution in [0.15, 0.2) is 86.0 Å². The van der Waals surface area contributed by atoms with E-state index in [2.05, 4.69) is 57.5 Å². The first-order valence-corrected chi connectivity index (χ1v) is 12.7. The van der Waals surface area contributed by atoms with Crippen LogP contribution in [0.1, 0.15) is 37.4 Å². The number of H-pyrrole nitrogens is 2. The number of aromatic nitrogens is 6. The standard InChI is InChI=1S/C31H30FN7/c1-6-9-23(27-10-7-8-11-34-27)29-20(5)36-31(37-29)30-25-14-24(26(32)15-28(25)38-39-30)21-13-22(17-33-16-21)35-19(4)12-18(2)3/h6-11,13-18,35H,1,4,12H2,2-3,5H3,(H,36,37)(H,38,39)/b23-9-. The Bertz CT molecular complexity index is 1690. The van der Waals surface area contributed by atoms with Gasteiger partial charge in [0.25, 0.3) is 0 Å². The lowest BCUT2D eigenvalue weighted by molar-refractivity contribution is 0.632. The molecule has 4 heterocycles. The summed E-state index contributed by atoms with van der Waals surface area (Å²) in [6, 6.07) is 10.8. The van der Waals surface area contributed by atoms with Gasteiger partial charge in [-0.3, -0.25) is 15.1 Å². The van der Waals surface area contributed by atoms with Gasteiger partial charge in [0.2, 0.25) is 0 Å². The highest BCUT2D eigenvalue weighted by molar-refractivity contribution is 5.95. The molecule has 0 aliphatic heterocycles. The smallest absolute Gasteiger partial charge is 0.159 e. The van der Waals surface area contributed by atoms with E-state index >= 15 is 4.39 Å². The molecule has 0 aliphatic rings. The molecule has 0 bridgehead atoms. The van der Waals surface area contributed by atoms with E-state index in [0.717, 1.165) is 45.8 Å². The molecule has 0 atom stereocenters. The fourth-order valence-electron chi connectivity index (χ4n) is 4.60. The molecule has 5 rings (SSSR count). The summed E-state index contributed by atoms with van der Waals surface area (Å²) < 4.78 is 15.3. The first-order valence-electron chi connectivity index (χ1n) is 12.7. The second-order valence-corrected chi connectivity index (χ2v) is 9.83. The summed E-state index contributed by atoms with van der Waals surface area (Å²) in [5, 5.41) is 11.4. The van der Waals surface area contributed by atoms with E-state index in [9.17, 15) is 0 Å². The molecule has 5 aromatic rings. The third-order valence-electron chi connectivity index (χ3n) is 6.26. The number of anilines is 1. The zero-order chi connectivity index (χ0) is 27.5. The average molecular weight is 520 g/mol. The molecule has 0 unspecified atom stereocenters. The molecule has 0 fully saturated rings. The Labute approximate surface area is 226 Å². The molecule has 1 aromatic carbocycles. The van der Waals surface area contributed by atoms with Gasteiger partial charge in [-0.25, -0.2) is 9.37 Å². The van der Waals surface area contributed by atoms with Gasteiger partial charge in [-0.15, -0.1) is 0 Å². The first kappa shape index (κ1) is 25.8. The van der Waals surface area contributed by atoms with E-state index in [0.29, 0.717) is 34.1 Å². The molecule has 0 saturated heterocycles. The summed E-state index contributed by atoms with van der Waals surface area (Å²) in [7, 11) is 0. The maximum absolute atomic E-state index is 15.3. The Morgan fingerprint density at radius 2 is 2.03 bits per heavy atom. The molecule has 3 N–H and O–H groups in total. The minimum Gasteiger partial charge on any atom is -0.358 e. The number of nitrogens with zero attached hydrogens (tertiary/aromatic N) is 4. The van der Waals surface area contributed by atoms with Crippen LogP contribution in [0.4, 0.5) is 10.1 Å². The summed E-state index contributed by atoms with van der Waals surface area (Å²) in [5.74, 6) is 0.662. The highest BCUT2D eigenvalue weighted by atomic mass is 19.1. The number of hydrogen-bond acceptors (Lipinski definition) is 5. The summed E-state index contributed by atoms with van der Waals surface area (Å²) in [6.07, 6.45) is 9.53. The minimum atomic E-state index is -0.375. The molecular formula is C31H30FN7. The molecular weight excluding hydrogens is 489 g/mol. The number of rotatable bonds is 9. The van der Waals surface area contributed by atoms with Crippen LogP contribution in [0, 0.1) is 18.7 Å². The molecule has 39 heavy (non-hydrogen) atoms. The highest BCUT2D eigenvalue weighted by Gasteiger charge is 2.20. The van der Waals surface area contributed by atoms with Gasteiger partial charge in [-0.05, 0) is 43.5 Å². The molecule has 0 amide bonds. The van der Waals surface area contributed by atoms with Gasteiger partial charge in [-0.1, -0.05) is 45.2 Å². The predicted octanol–water partition coefficient (Wildman–Crippen LogP) is 7.45. The van der Waals surface area contributed by atoms with Crippen LogP contribution < -0.4 is 5.32 Å². The Morgan fingerprint density at radius 1 is 1.18 bits per heavy atom. The molecule has 7 nitrogen and oxygen atoms in total. The third-order valence-corrected chi connectivity index (χ3v) is 6.26. The molecule has 196 valence electrons. The van der Waals surface area contributed by atoms with Gasteiger partial charge in [0, 0.05) is 51.9 Å². The fraction of sp³-hybridized carbons (Fsp3) is 0.161. The predicted molar refractivity (Wildman–Crippen MR) is 155 cm³/mol. The van der Waals surface area contributed by atoms with Crippen LogP contribution in [0.25, 0.3) is 39.1 Å². The maximum Gasteiger partial charge on any atom is 0.159 e.